The van der Waals surface area contributed by atoms with E-state index in [9.17, 15) is 4.39 Å². The largest absolute Gasteiger partial charge is 0.497 e. The lowest BCUT2D eigenvalue weighted by Gasteiger charge is -2.25. The molecule has 0 spiro atoms. The average Bonchev–Trinajstić information content (AvgIpc) is 2.53. The summed E-state index contributed by atoms with van der Waals surface area (Å²) >= 11 is 0. The summed E-state index contributed by atoms with van der Waals surface area (Å²) in [6.45, 7) is 4.83. The van der Waals surface area contributed by atoms with Crippen LogP contribution in [0.25, 0.3) is 0 Å². The first-order valence-electron chi connectivity index (χ1n) is 7.15. The summed E-state index contributed by atoms with van der Waals surface area (Å²) in [4.78, 5) is 4.38. The van der Waals surface area contributed by atoms with Crippen LogP contribution in [0.5, 0.6) is 5.75 Å². The molecule has 0 saturated carbocycles. The van der Waals surface area contributed by atoms with Crippen molar-refractivity contribution in [2.45, 2.75) is 25.8 Å². The zero-order valence-electron chi connectivity index (χ0n) is 12.6. The number of likely N-dealkylation sites (N-methyl/N-ethyl adjacent to an activating group) is 1. The highest BCUT2D eigenvalue weighted by molar-refractivity contribution is 5.32. The van der Waals surface area contributed by atoms with Crippen molar-refractivity contribution < 1.29 is 9.13 Å². The van der Waals surface area contributed by atoms with Gasteiger partial charge in [0.1, 0.15) is 11.6 Å². The number of methoxy groups -OCH3 is 1. The normalized spacial score (nSPS) is 13.7. The van der Waals surface area contributed by atoms with E-state index in [0.717, 1.165) is 12.2 Å². The van der Waals surface area contributed by atoms with Gasteiger partial charge in [0.2, 0.25) is 0 Å². The van der Waals surface area contributed by atoms with E-state index in [1.54, 1.807) is 18.3 Å². The summed E-state index contributed by atoms with van der Waals surface area (Å²) in [6, 6.07) is 10.7. The van der Waals surface area contributed by atoms with E-state index in [1.807, 2.05) is 25.1 Å². The quantitative estimate of drug-likeness (QED) is 0.880. The van der Waals surface area contributed by atoms with E-state index >= 15 is 0 Å². The van der Waals surface area contributed by atoms with Crippen molar-refractivity contribution in [2.24, 2.45) is 0 Å². The van der Waals surface area contributed by atoms with Gasteiger partial charge in [0.05, 0.1) is 7.11 Å². The number of hydrogen-bond acceptors (Lipinski definition) is 3. The van der Waals surface area contributed by atoms with Crippen molar-refractivity contribution in [3.05, 3.63) is 59.7 Å². The fourth-order valence-corrected chi connectivity index (χ4v) is 2.48. The first-order chi connectivity index (χ1) is 10.2. The summed E-state index contributed by atoms with van der Waals surface area (Å²) in [5, 5.41) is 3.35. The third-order valence-electron chi connectivity index (χ3n) is 3.62. The third-order valence-corrected chi connectivity index (χ3v) is 3.62. The molecule has 21 heavy (non-hydrogen) atoms. The molecule has 0 radical (unpaired) electrons. The molecule has 0 saturated heterocycles. The molecule has 2 atom stereocenters. The fourth-order valence-electron chi connectivity index (χ4n) is 2.48. The van der Waals surface area contributed by atoms with Crippen LogP contribution in [0.15, 0.2) is 42.6 Å². The summed E-state index contributed by atoms with van der Waals surface area (Å²) in [7, 11) is 1.53. The second kappa shape index (κ2) is 7.18. The van der Waals surface area contributed by atoms with E-state index < -0.39 is 0 Å². The van der Waals surface area contributed by atoms with Crippen LogP contribution in [0, 0.1) is 5.82 Å². The minimum Gasteiger partial charge on any atom is -0.497 e. The van der Waals surface area contributed by atoms with Gasteiger partial charge >= 0.3 is 0 Å². The Morgan fingerprint density at radius 2 is 2.10 bits per heavy atom. The van der Waals surface area contributed by atoms with Gasteiger partial charge in [0.25, 0.3) is 0 Å². The maximum Gasteiger partial charge on any atom is 0.131 e. The molecule has 3 nitrogen and oxygen atoms in total. The van der Waals surface area contributed by atoms with Crippen LogP contribution in [0.1, 0.15) is 37.1 Å². The Labute approximate surface area is 125 Å². The molecule has 0 aliphatic rings. The van der Waals surface area contributed by atoms with Crippen LogP contribution >= 0.6 is 0 Å². The highest BCUT2D eigenvalue weighted by atomic mass is 19.1. The second-order valence-electron chi connectivity index (χ2n) is 4.97. The molecule has 1 aromatic carbocycles. The maximum atomic E-state index is 14.3. The van der Waals surface area contributed by atoms with Crippen molar-refractivity contribution in [1.82, 2.24) is 10.3 Å². The number of nitrogens with zero attached hydrogens (tertiary/aromatic N) is 1. The fraction of sp³-hybridized carbons (Fsp3) is 0.353. The molecule has 2 unspecified atom stereocenters. The first-order valence-corrected chi connectivity index (χ1v) is 7.15. The highest BCUT2D eigenvalue weighted by Crippen LogP contribution is 2.32. The second-order valence-corrected chi connectivity index (χ2v) is 4.97. The predicted octanol–water partition coefficient (Wildman–Crippen LogP) is 3.68. The number of pyridine rings is 1. The molecular formula is C17H21FN2O. The Hall–Kier alpha value is -1.94. The first kappa shape index (κ1) is 15.4. The van der Waals surface area contributed by atoms with Gasteiger partial charge in [-0.15, -0.1) is 0 Å². The molecule has 0 amide bonds. The zero-order valence-corrected chi connectivity index (χ0v) is 12.6. The summed E-state index contributed by atoms with van der Waals surface area (Å²) < 4.78 is 19.4. The van der Waals surface area contributed by atoms with E-state index in [-0.39, 0.29) is 17.8 Å². The van der Waals surface area contributed by atoms with Gasteiger partial charge in [-0.3, -0.25) is 4.98 Å². The van der Waals surface area contributed by atoms with Crippen LogP contribution < -0.4 is 10.1 Å². The molecule has 2 aromatic rings. The van der Waals surface area contributed by atoms with Crippen LogP contribution in [0.3, 0.4) is 0 Å². The lowest BCUT2D eigenvalue weighted by Crippen LogP contribution is -2.27. The minimum absolute atomic E-state index is 0.0639. The van der Waals surface area contributed by atoms with Crippen LogP contribution in [0.2, 0.25) is 0 Å². The number of nitrogens with one attached hydrogen (secondary N) is 1. The van der Waals surface area contributed by atoms with Crippen molar-refractivity contribution in [2.75, 3.05) is 13.7 Å². The number of ether oxygens (including phenoxy) is 1. The summed E-state index contributed by atoms with van der Waals surface area (Å²) in [5.74, 6) is 0.328. The van der Waals surface area contributed by atoms with Gasteiger partial charge in [0, 0.05) is 35.5 Å². The van der Waals surface area contributed by atoms with Crippen LogP contribution in [-0.4, -0.2) is 18.6 Å². The smallest absolute Gasteiger partial charge is 0.131 e. The molecule has 0 fully saturated rings. The van der Waals surface area contributed by atoms with Gasteiger partial charge in [-0.1, -0.05) is 26.0 Å². The Bertz CT molecular complexity index is 574. The number of halogens is 1. The topological polar surface area (TPSA) is 34.1 Å². The molecule has 1 N–H and O–H groups in total. The molecular weight excluding hydrogens is 267 g/mol. The summed E-state index contributed by atoms with van der Waals surface area (Å²) in [5.41, 5.74) is 1.58. The Kier molecular flexibility index (Phi) is 5.28. The third kappa shape index (κ3) is 3.58. The predicted molar refractivity (Wildman–Crippen MR) is 82.0 cm³/mol. The van der Waals surface area contributed by atoms with Gasteiger partial charge in [0.15, 0.2) is 0 Å². The van der Waals surface area contributed by atoms with Gasteiger partial charge in [-0.25, -0.2) is 4.39 Å². The molecule has 2 rings (SSSR count). The number of aromatic nitrogens is 1. The van der Waals surface area contributed by atoms with Crippen molar-refractivity contribution in [3.8, 4) is 5.75 Å². The maximum absolute atomic E-state index is 14.3. The molecule has 1 aromatic heterocycles. The lowest BCUT2D eigenvalue weighted by atomic mass is 9.91. The van der Waals surface area contributed by atoms with Crippen LogP contribution in [0.4, 0.5) is 4.39 Å². The molecule has 0 aliphatic carbocycles. The number of hydrogen-bond donors (Lipinski definition) is 1. The Morgan fingerprint density at radius 3 is 2.67 bits per heavy atom. The standard InChI is InChI=1S/C17H21FN2O/c1-4-19-17(12(2)16-7-5-6-10-20-16)14-9-8-13(21-3)11-15(14)18/h5-12,17,19H,4H2,1-3H3. The molecule has 112 valence electrons. The minimum atomic E-state index is -0.261. The lowest BCUT2D eigenvalue weighted by molar-refractivity contribution is 0.406. The number of benzene rings is 1. The van der Waals surface area contributed by atoms with E-state index in [0.29, 0.717) is 11.3 Å². The zero-order chi connectivity index (χ0) is 15.2. The van der Waals surface area contributed by atoms with E-state index in [1.165, 1.54) is 13.2 Å². The van der Waals surface area contributed by atoms with Crippen molar-refractivity contribution in [1.29, 1.82) is 0 Å². The summed E-state index contributed by atoms with van der Waals surface area (Å²) in [6.07, 6.45) is 1.76. The SMILES string of the molecule is CCNC(c1ccc(OC)cc1F)C(C)c1ccccn1. The Balaban J connectivity index is 2.34. The van der Waals surface area contributed by atoms with Gasteiger partial charge in [-0.05, 0) is 24.7 Å². The van der Waals surface area contributed by atoms with Crippen molar-refractivity contribution in [3.63, 3.8) is 0 Å². The molecule has 0 aliphatic heterocycles. The Morgan fingerprint density at radius 1 is 1.29 bits per heavy atom. The monoisotopic (exact) mass is 288 g/mol. The van der Waals surface area contributed by atoms with Gasteiger partial charge < -0.3 is 10.1 Å². The van der Waals surface area contributed by atoms with Gasteiger partial charge in [-0.2, -0.15) is 0 Å². The number of rotatable bonds is 6. The highest BCUT2D eigenvalue weighted by Gasteiger charge is 2.23. The van der Waals surface area contributed by atoms with Crippen molar-refractivity contribution >= 4 is 0 Å². The average molecular weight is 288 g/mol. The van der Waals surface area contributed by atoms with E-state index in [4.69, 9.17) is 4.74 Å². The molecule has 1 heterocycles. The molecule has 0 bridgehead atoms. The molecule has 4 heteroatoms. The van der Waals surface area contributed by atoms with E-state index in [2.05, 4.69) is 17.2 Å². The van der Waals surface area contributed by atoms with Crippen LogP contribution in [-0.2, 0) is 0 Å².